The Bertz CT molecular complexity index is 289. The summed E-state index contributed by atoms with van der Waals surface area (Å²) in [4.78, 5) is 0. The SMILES string of the molecule is CC.CC.CCCCC1OCCO1.Cc1ccccc1F. The van der Waals surface area contributed by atoms with Crippen molar-refractivity contribution in [3.8, 4) is 0 Å². The van der Waals surface area contributed by atoms with Gasteiger partial charge in [0, 0.05) is 0 Å². The van der Waals surface area contributed by atoms with Gasteiger partial charge in [0.25, 0.3) is 0 Å². The van der Waals surface area contributed by atoms with Gasteiger partial charge in [-0.1, -0.05) is 59.2 Å². The third-order valence-electron chi connectivity index (χ3n) is 2.56. The lowest BCUT2D eigenvalue weighted by Crippen LogP contribution is -2.06. The molecule has 0 atom stereocenters. The van der Waals surface area contributed by atoms with Crippen LogP contribution in [-0.4, -0.2) is 19.5 Å². The molecule has 2 rings (SSSR count). The smallest absolute Gasteiger partial charge is 0.157 e. The highest BCUT2D eigenvalue weighted by Gasteiger charge is 2.13. The van der Waals surface area contributed by atoms with Crippen LogP contribution in [0.5, 0.6) is 0 Å². The first-order valence-corrected chi connectivity index (χ1v) is 8.18. The number of rotatable bonds is 3. The van der Waals surface area contributed by atoms with Crippen molar-refractivity contribution < 1.29 is 13.9 Å². The molecule has 124 valence electrons. The van der Waals surface area contributed by atoms with Gasteiger partial charge in [-0.25, -0.2) is 4.39 Å². The van der Waals surface area contributed by atoms with E-state index in [1.165, 1.54) is 18.9 Å². The molecule has 3 heteroatoms. The van der Waals surface area contributed by atoms with E-state index in [1.807, 2.05) is 33.8 Å². The molecular formula is C18H33FO2. The summed E-state index contributed by atoms with van der Waals surface area (Å²) in [7, 11) is 0. The summed E-state index contributed by atoms with van der Waals surface area (Å²) in [5.41, 5.74) is 0.701. The Morgan fingerprint density at radius 1 is 1.05 bits per heavy atom. The van der Waals surface area contributed by atoms with E-state index >= 15 is 0 Å². The third-order valence-corrected chi connectivity index (χ3v) is 2.56. The quantitative estimate of drug-likeness (QED) is 0.709. The molecule has 1 heterocycles. The molecule has 1 aliphatic heterocycles. The standard InChI is InChI=1S/C7H7F.C7H14O2.2C2H6/c1-6-4-2-3-5-7(6)8;1-2-3-4-7-8-5-6-9-7;2*1-2/h2-5H,1H3;7H,2-6H2,1H3;2*1-2H3. The van der Waals surface area contributed by atoms with Crippen LogP contribution < -0.4 is 0 Å². The van der Waals surface area contributed by atoms with E-state index in [1.54, 1.807) is 19.1 Å². The topological polar surface area (TPSA) is 18.5 Å². The Labute approximate surface area is 130 Å². The fourth-order valence-corrected chi connectivity index (χ4v) is 1.50. The summed E-state index contributed by atoms with van der Waals surface area (Å²) in [6.07, 6.45) is 3.62. The molecule has 0 unspecified atom stereocenters. The normalized spacial score (nSPS) is 13.1. The van der Waals surface area contributed by atoms with Crippen molar-refractivity contribution in [3.05, 3.63) is 35.6 Å². The highest BCUT2D eigenvalue weighted by atomic mass is 19.1. The van der Waals surface area contributed by atoms with E-state index in [4.69, 9.17) is 9.47 Å². The van der Waals surface area contributed by atoms with Gasteiger partial charge in [0.05, 0.1) is 13.2 Å². The minimum atomic E-state index is -0.132. The number of hydrogen-bond donors (Lipinski definition) is 0. The maximum absolute atomic E-state index is 12.3. The van der Waals surface area contributed by atoms with Crippen LogP contribution in [0.25, 0.3) is 0 Å². The van der Waals surface area contributed by atoms with Gasteiger partial charge in [0.2, 0.25) is 0 Å². The van der Waals surface area contributed by atoms with Crippen LogP contribution in [0, 0.1) is 12.7 Å². The van der Waals surface area contributed by atoms with E-state index in [0.29, 0.717) is 5.56 Å². The second-order valence-electron chi connectivity index (χ2n) is 4.06. The van der Waals surface area contributed by atoms with E-state index < -0.39 is 0 Å². The molecular weight excluding hydrogens is 267 g/mol. The molecule has 0 amide bonds. The Morgan fingerprint density at radius 2 is 1.57 bits per heavy atom. The average Bonchev–Trinajstić information content (AvgIpc) is 3.06. The number of hydrogen-bond acceptors (Lipinski definition) is 2. The molecule has 2 nitrogen and oxygen atoms in total. The Hall–Kier alpha value is -0.930. The highest BCUT2D eigenvalue weighted by Crippen LogP contribution is 2.10. The van der Waals surface area contributed by atoms with E-state index in [-0.39, 0.29) is 12.1 Å². The summed E-state index contributed by atoms with van der Waals surface area (Å²) >= 11 is 0. The molecule has 1 aromatic carbocycles. The first-order valence-electron chi connectivity index (χ1n) is 8.18. The second kappa shape index (κ2) is 17.1. The van der Waals surface area contributed by atoms with Crippen LogP contribution in [0.4, 0.5) is 4.39 Å². The lowest BCUT2D eigenvalue weighted by atomic mass is 10.2. The summed E-state index contributed by atoms with van der Waals surface area (Å²) in [6.45, 7) is 13.5. The Morgan fingerprint density at radius 3 is 1.95 bits per heavy atom. The summed E-state index contributed by atoms with van der Waals surface area (Å²) in [5.74, 6) is -0.132. The van der Waals surface area contributed by atoms with Gasteiger partial charge in [-0.15, -0.1) is 0 Å². The number of ether oxygens (including phenoxy) is 2. The first-order chi connectivity index (χ1) is 10.2. The molecule has 1 saturated heterocycles. The molecule has 0 spiro atoms. The van der Waals surface area contributed by atoms with Gasteiger partial charge < -0.3 is 9.47 Å². The van der Waals surface area contributed by atoms with Gasteiger partial charge >= 0.3 is 0 Å². The van der Waals surface area contributed by atoms with Crippen molar-refractivity contribution in [3.63, 3.8) is 0 Å². The van der Waals surface area contributed by atoms with Crippen LogP contribution in [0.1, 0.15) is 59.4 Å². The average molecular weight is 300 g/mol. The van der Waals surface area contributed by atoms with Gasteiger partial charge in [0.1, 0.15) is 5.82 Å². The van der Waals surface area contributed by atoms with E-state index in [9.17, 15) is 4.39 Å². The molecule has 1 fully saturated rings. The van der Waals surface area contributed by atoms with Crippen LogP contribution in [0.3, 0.4) is 0 Å². The summed E-state index contributed by atoms with van der Waals surface area (Å²) < 4.78 is 22.8. The zero-order valence-corrected chi connectivity index (χ0v) is 14.6. The molecule has 1 aromatic rings. The number of benzene rings is 1. The molecule has 0 N–H and O–H groups in total. The van der Waals surface area contributed by atoms with Gasteiger partial charge in [-0.3, -0.25) is 0 Å². The minimum absolute atomic E-state index is 0.116. The van der Waals surface area contributed by atoms with Gasteiger partial charge in [0.15, 0.2) is 6.29 Å². The van der Waals surface area contributed by atoms with Gasteiger partial charge in [-0.2, -0.15) is 0 Å². The van der Waals surface area contributed by atoms with E-state index in [2.05, 4.69) is 6.92 Å². The third kappa shape index (κ3) is 12.5. The molecule has 0 radical (unpaired) electrons. The van der Waals surface area contributed by atoms with Crippen molar-refractivity contribution in [2.24, 2.45) is 0 Å². The monoisotopic (exact) mass is 300 g/mol. The van der Waals surface area contributed by atoms with Crippen molar-refractivity contribution in [2.45, 2.75) is 67.1 Å². The molecule has 1 aliphatic rings. The molecule has 21 heavy (non-hydrogen) atoms. The maximum Gasteiger partial charge on any atom is 0.157 e. The van der Waals surface area contributed by atoms with Gasteiger partial charge in [-0.05, 0) is 31.4 Å². The minimum Gasteiger partial charge on any atom is -0.350 e. The maximum atomic E-state index is 12.3. The van der Waals surface area contributed by atoms with Crippen molar-refractivity contribution in [1.29, 1.82) is 0 Å². The second-order valence-corrected chi connectivity index (χ2v) is 4.06. The van der Waals surface area contributed by atoms with E-state index in [0.717, 1.165) is 19.6 Å². The highest BCUT2D eigenvalue weighted by molar-refractivity contribution is 5.14. The van der Waals surface area contributed by atoms with Crippen molar-refractivity contribution in [1.82, 2.24) is 0 Å². The summed E-state index contributed by atoms with van der Waals surface area (Å²) in [6, 6.07) is 6.70. The molecule has 0 aromatic heterocycles. The first kappa shape index (κ1) is 22.4. The van der Waals surface area contributed by atoms with Crippen LogP contribution in [-0.2, 0) is 9.47 Å². The fraction of sp³-hybridized carbons (Fsp3) is 0.667. The Balaban J connectivity index is 0. The lowest BCUT2D eigenvalue weighted by Gasteiger charge is -2.05. The predicted octanol–water partition coefficient (Wildman–Crippen LogP) is 5.74. The Kier molecular flexibility index (Phi) is 18.2. The number of halogens is 1. The zero-order chi connectivity index (χ0) is 16.5. The molecule has 0 bridgehead atoms. The van der Waals surface area contributed by atoms with Crippen molar-refractivity contribution >= 4 is 0 Å². The zero-order valence-electron chi connectivity index (χ0n) is 14.6. The number of aryl methyl sites for hydroxylation is 1. The predicted molar refractivity (Wildman–Crippen MR) is 89.1 cm³/mol. The largest absolute Gasteiger partial charge is 0.350 e. The molecule has 0 saturated carbocycles. The van der Waals surface area contributed by atoms with Crippen LogP contribution in [0.15, 0.2) is 24.3 Å². The van der Waals surface area contributed by atoms with Crippen LogP contribution >= 0.6 is 0 Å². The van der Waals surface area contributed by atoms with Crippen molar-refractivity contribution in [2.75, 3.05) is 13.2 Å². The fourth-order valence-electron chi connectivity index (χ4n) is 1.50. The molecule has 0 aliphatic carbocycles. The van der Waals surface area contributed by atoms with Crippen LogP contribution in [0.2, 0.25) is 0 Å². The lowest BCUT2D eigenvalue weighted by molar-refractivity contribution is -0.0477. The number of unbranched alkanes of at least 4 members (excludes halogenated alkanes) is 1. The summed E-state index contributed by atoms with van der Waals surface area (Å²) in [5, 5.41) is 0.